The van der Waals surface area contributed by atoms with Gasteiger partial charge in [0.05, 0.1) is 19.2 Å². The van der Waals surface area contributed by atoms with Crippen molar-refractivity contribution in [2.45, 2.75) is 58.2 Å². The Morgan fingerprint density at radius 2 is 2.07 bits per heavy atom. The van der Waals surface area contributed by atoms with E-state index < -0.39 is 0 Å². The Bertz CT molecular complexity index is 650. The number of piperazine rings is 1. The Morgan fingerprint density at radius 3 is 2.63 bits per heavy atom. The summed E-state index contributed by atoms with van der Waals surface area (Å²) in [6.07, 6.45) is 3.59. The van der Waals surface area contributed by atoms with E-state index in [-0.39, 0.29) is 12.1 Å². The van der Waals surface area contributed by atoms with Crippen LogP contribution in [0.1, 0.15) is 50.8 Å². The first-order chi connectivity index (χ1) is 13.0. The zero-order valence-corrected chi connectivity index (χ0v) is 17.2. The maximum Gasteiger partial charge on any atom is 0.240 e. The summed E-state index contributed by atoms with van der Waals surface area (Å²) in [5, 5.41) is 2.43. The van der Waals surface area contributed by atoms with E-state index in [2.05, 4.69) is 48.1 Å². The number of carbonyl (C=O) groups is 2. The number of amides is 2. The second-order valence-corrected chi connectivity index (χ2v) is 7.18. The van der Waals surface area contributed by atoms with Crippen molar-refractivity contribution in [2.24, 2.45) is 0 Å². The molecule has 1 aromatic rings. The van der Waals surface area contributed by atoms with Crippen molar-refractivity contribution in [3.05, 3.63) is 29.3 Å². The number of benzene rings is 1. The number of nitrogens with one attached hydrogen (secondary N) is 1. The molecule has 3 atom stereocenters. The third-order valence-electron chi connectivity index (χ3n) is 5.64. The van der Waals surface area contributed by atoms with Crippen molar-refractivity contribution in [3.8, 4) is 5.75 Å². The van der Waals surface area contributed by atoms with Gasteiger partial charge < -0.3 is 15.0 Å². The summed E-state index contributed by atoms with van der Waals surface area (Å²) >= 11 is 0. The van der Waals surface area contributed by atoms with Crippen LogP contribution in [-0.2, 0) is 16.0 Å². The van der Waals surface area contributed by atoms with Crippen molar-refractivity contribution in [1.29, 1.82) is 0 Å². The number of fused-ring (bicyclic) bond motifs is 3. The van der Waals surface area contributed by atoms with Gasteiger partial charge in [-0.1, -0.05) is 19.4 Å². The first-order valence-electron chi connectivity index (χ1n) is 9.86. The van der Waals surface area contributed by atoms with E-state index in [1.165, 1.54) is 11.1 Å². The van der Waals surface area contributed by atoms with Crippen LogP contribution in [0.2, 0.25) is 0 Å². The first kappa shape index (κ1) is 21.2. The third kappa shape index (κ3) is 4.43. The van der Waals surface area contributed by atoms with Gasteiger partial charge in [0, 0.05) is 19.1 Å². The normalized spacial score (nSPS) is 24.3. The minimum Gasteiger partial charge on any atom is -0.497 e. The van der Waals surface area contributed by atoms with E-state index in [1.807, 2.05) is 13.0 Å². The van der Waals surface area contributed by atoms with E-state index in [0.29, 0.717) is 18.4 Å². The molecule has 0 radical (unpaired) electrons. The molecule has 150 valence electrons. The van der Waals surface area contributed by atoms with Crippen LogP contribution < -0.4 is 10.1 Å². The molecule has 0 saturated carbocycles. The van der Waals surface area contributed by atoms with Crippen LogP contribution in [0, 0.1) is 0 Å². The molecule has 3 rings (SSSR count). The zero-order chi connectivity index (χ0) is 20.0. The highest BCUT2D eigenvalue weighted by atomic mass is 16.5. The van der Waals surface area contributed by atoms with Crippen molar-refractivity contribution < 1.29 is 14.3 Å². The largest absolute Gasteiger partial charge is 0.497 e. The number of hydrogen-bond acceptors (Lipinski definition) is 4. The number of rotatable bonds is 5. The summed E-state index contributed by atoms with van der Waals surface area (Å²) in [4.78, 5) is 26.6. The molecule has 0 aromatic heterocycles. The molecule has 6 heteroatoms. The van der Waals surface area contributed by atoms with Gasteiger partial charge in [0.2, 0.25) is 12.3 Å². The molecule has 2 aliphatic rings. The fraction of sp³-hybridized carbons (Fsp3) is 0.619. The van der Waals surface area contributed by atoms with Crippen molar-refractivity contribution in [2.75, 3.05) is 27.2 Å². The Labute approximate surface area is 162 Å². The van der Waals surface area contributed by atoms with Crippen LogP contribution >= 0.6 is 0 Å². The summed E-state index contributed by atoms with van der Waals surface area (Å²) in [5.74, 6) is 1.20. The molecule has 1 N–H and O–H groups in total. The maximum absolute atomic E-state index is 12.9. The van der Waals surface area contributed by atoms with Crippen molar-refractivity contribution in [3.63, 3.8) is 0 Å². The molecule has 0 aliphatic carbocycles. The molecule has 2 aliphatic heterocycles. The van der Waals surface area contributed by atoms with Gasteiger partial charge in [-0.2, -0.15) is 0 Å². The molecule has 0 spiro atoms. The fourth-order valence-corrected chi connectivity index (χ4v) is 4.09. The van der Waals surface area contributed by atoms with Crippen LogP contribution in [-0.4, -0.2) is 61.4 Å². The number of methoxy groups -OCH3 is 1. The molecule has 27 heavy (non-hydrogen) atoms. The molecule has 2 heterocycles. The summed E-state index contributed by atoms with van der Waals surface area (Å²) in [6.45, 7) is 7.81. The average Bonchev–Trinajstić information content (AvgIpc) is 2.69. The predicted molar refractivity (Wildman–Crippen MR) is 107 cm³/mol. The fourth-order valence-electron chi connectivity index (χ4n) is 4.09. The van der Waals surface area contributed by atoms with E-state index in [1.54, 1.807) is 7.11 Å². The lowest BCUT2D eigenvalue weighted by Gasteiger charge is -2.51. The molecule has 6 nitrogen and oxygen atoms in total. The van der Waals surface area contributed by atoms with E-state index in [0.717, 1.165) is 38.1 Å². The summed E-state index contributed by atoms with van der Waals surface area (Å²) in [7, 11) is 3.80. The number of nitrogens with zero attached hydrogens (tertiary/aromatic N) is 2. The number of likely N-dealkylation sites (N-methyl/N-ethyl adjacent to an activating group) is 1. The molecule has 1 saturated heterocycles. The lowest BCUT2D eigenvalue weighted by molar-refractivity contribution is -0.150. The van der Waals surface area contributed by atoms with Crippen LogP contribution in [0.4, 0.5) is 0 Å². The van der Waals surface area contributed by atoms with Crippen LogP contribution in [0.5, 0.6) is 5.75 Å². The van der Waals surface area contributed by atoms with Crippen molar-refractivity contribution >= 4 is 12.3 Å². The molecular weight excluding hydrogens is 342 g/mol. The minimum atomic E-state index is 0.0380. The zero-order valence-electron chi connectivity index (χ0n) is 17.2. The minimum absolute atomic E-state index is 0.0380. The summed E-state index contributed by atoms with van der Waals surface area (Å²) in [5.41, 5.74) is 2.61. The molecule has 3 unspecified atom stereocenters. The molecule has 2 amide bonds. The van der Waals surface area contributed by atoms with Gasteiger partial charge in [0.1, 0.15) is 5.75 Å². The molecule has 1 aromatic carbocycles. The quantitative estimate of drug-likeness (QED) is 0.803. The number of ether oxygens (including phenoxy) is 1. The lowest BCUT2D eigenvalue weighted by atomic mass is 9.84. The molecule has 1 fully saturated rings. The second kappa shape index (κ2) is 9.74. The smallest absolute Gasteiger partial charge is 0.240 e. The topological polar surface area (TPSA) is 61.9 Å². The first-order valence-corrected chi connectivity index (χ1v) is 9.86. The predicted octanol–water partition coefficient (Wildman–Crippen LogP) is 2.38. The SMILES string of the molecule is CCCC1C(=O)N2CCc3cc(OC)ccc3C2C(C)N1C.CCNC=O. The Morgan fingerprint density at radius 1 is 1.33 bits per heavy atom. The standard InChI is InChI=1S/C18H26N2O2.C3H7NO/c1-5-6-16-18(21)20-10-9-13-11-14(22-4)7-8-15(13)17(20)12(2)19(16)3;1-2-4-3-5/h7-8,11-12,16-17H,5-6,9-10H2,1-4H3;3H,2H2,1H3,(H,4,5). The molecule has 0 bridgehead atoms. The monoisotopic (exact) mass is 375 g/mol. The van der Waals surface area contributed by atoms with E-state index >= 15 is 0 Å². The van der Waals surface area contributed by atoms with Gasteiger partial charge in [-0.15, -0.1) is 0 Å². The molecular formula is C21H33N3O3. The Kier molecular flexibility index (Phi) is 7.66. The summed E-state index contributed by atoms with van der Waals surface area (Å²) in [6, 6.07) is 6.82. The van der Waals surface area contributed by atoms with Gasteiger partial charge in [0.15, 0.2) is 0 Å². The summed E-state index contributed by atoms with van der Waals surface area (Å²) < 4.78 is 5.34. The lowest BCUT2D eigenvalue weighted by Crippen LogP contribution is -2.62. The Hall–Kier alpha value is -2.08. The van der Waals surface area contributed by atoms with Gasteiger partial charge in [-0.05, 0) is 57.0 Å². The van der Waals surface area contributed by atoms with Gasteiger partial charge in [0.25, 0.3) is 0 Å². The van der Waals surface area contributed by atoms with Gasteiger partial charge in [-0.3, -0.25) is 14.5 Å². The highest BCUT2D eigenvalue weighted by Crippen LogP contribution is 2.40. The number of hydrogen-bond donors (Lipinski definition) is 1. The van der Waals surface area contributed by atoms with Gasteiger partial charge in [-0.25, -0.2) is 0 Å². The average molecular weight is 376 g/mol. The third-order valence-corrected chi connectivity index (χ3v) is 5.64. The highest BCUT2D eigenvalue weighted by Gasteiger charge is 2.45. The van der Waals surface area contributed by atoms with Crippen LogP contribution in [0.25, 0.3) is 0 Å². The highest BCUT2D eigenvalue weighted by molar-refractivity contribution is 5.84. The Balaban J connectivity index is 0.000000465. The van der Waals surface area contributed by atoms with Crippen LogP contribution in [0.3, 0.4) is 0 Å². The van der Waals surface area contributed by atoms with Crippen molar-refractivity contribution in [1.82, 2.24) is 15.1 Å². The van der Waals surface area contributed by atoms with E-state index in [9.17, 15) is 9.59 Å². The maximum atomic E-state index is 12.9. The van der Waals surface area contributed by atoms with Gasteiger partial charge >= 0.3 is 0 Å². The second-order valence-electron chi connectivity index (χ2n) is 7.18. The van der Waals surface area contributed by atoms with E-state index in [4.69, 9.17) is 4.74 Å². The van der Waals surface area contributed by atoms with Crippen LogP contribution in [0.15, 0.2) is 18.2 Å². The number of carbonyl (C=O) groups excluding carboxylic acids is 2.